The number of nitrogens with zero attached hydrogens (tertiary/aromatic N) is 1. The topological polar surface area (TPSA) is 45.5 Å². The molecular weight excluding hydrogens is 332 g/mol. The molecule has 108 valence electrons. The number of piperidine rings is 1. The van der Waals surface area contributed by atoms with Crippen LogP contribution in [0.5, 0.6) is 0 Å². The van der Waals surface area contributed by atoms with Gasteiger partial charge in [-0.3, -0.25) is 4.79 Å². The molecular formula is C13H20BrClN2O2. The van der Waals surface area contributed by atoms with Crippen LogP contribution in [0, 0.1) is 0 Å². The minimum atomic E-state index is 0. The summed E-state index contributed by atoms with van der Waals surface area (Å²) in [5.74, 6) is 0.419. The van der Waals surface area contributed by atoms with Crippen molar-refractivity contribution in [3.05, 3.63) is 22.6 Å². The van der Waals surface area contributed by atoms with Crippen LogP contribution in [-0.4, -0.2) is 36.5 Å². The fraction of sp³-hybridized carbons (Fsp3) is 0.615. The lowest BCUT2D eigenvalue weighted by Crippen LogP contribution is -2.46. The lowest BCUT2D eigenvalue weighted by molar-refractivity contribution is 0.0609. The van der Waals surface area contributed by atoms with Gasteiger partial charge in [0.25, 0.3) is 5.91 Å². The van der Waals surface area contributed by atoms with E-state index in [1.807, 2.05) is 4.90 Å². The Labute approximate surface area is 128 Å². The standard InChI is InChI=1S/C13H19BrN2O2.ClH/c1-2-8-16(10-3-6-15-7-4-10)13(17)12-11(14)5-9-18-12;/h5,9-10,15H,2-4,6-8H2,1H3;1H. The smallest absolute Gasteiger partial charge is 0.290 e. The molecule has 1 aromatic heterocycles. The summed E-state index contributed by atoms with van der Waals surface area (Å²) in [5, 5.41) is 3.33. The highest BCUT2D eigenvalue weighted by atomic mass is 79.9. The van der Waals surface area contributed by atoms with Gasteiger partial charge in [-0.25, -0.2) is 0 Å². The average Bonchev–Trinajstić information content (AvgIpc) is 2.82. The summed E-state index contributed by atoms with van der Waals surface area (Å²) in [4.78, 5) is 14.5. The van der Waals surface area contributed by atoms with Crippen LogP contribution in [0.2, 0.25) is 0 Å². The molecule has 4 nitrogen and oxygen atoms in total. The summed E-state index contributed by atoms with van der Waals surface area (Å²) < 4.78 is 6.03. The van der Waals surface area contributed by atoms with Gasteiger partial charge in [-0.15, -0.1) is 12.4 Å². The van der Waals surface area contributed by atoms with Crippen molar-refractivity contribution in [2.75, 3.05) is 19.6 Å². The number of carbonyl (C=O) groups excluding carboxylic acids is 1. The molecule has 1 amide bonds. The summed E-state index contributed by atoms with van der Waals surface area (Å²) in [7, 11) is 0. The second kappa shape index (κ2) is 7.92. The van der Waals surface area contributed by atoms with Gasteiger partial charge >= 0.3 is 0 Å². The normalized spacial score (nSPS) is 15.9. The van der Waals surface area contributed by atoms with Crippen LogP contribution >= 0.6 is 28.3 Å². The molecule has 6 heteroatoms. The van der Waals surface area contributed by atoms with Crippen molar-refractivity contribution in [2.45, 2.75) is 32.2 Å². The SMILES string of the molecule is CCCN(C(=O)c1occc1Br)C1CCNCC1.Cl. The lowest BCUT2D eigenvalue weighted by atomic mass is 10.0. The molecule has 0 radical (unpaired) electrons. The first-order chi connectivity index (χ1) is 8.74. The van der Waals surface area contributed by atoms with Crippen LogP contribution in [0.3, 0.4) is 0 Å². The molecule has 0 bridgehead atoms. The molecule has 2 rings (SSSR count). The van der Waals surface area contributed by atoms with E-state index >= 15 is 0 Å². The number of furan rings is 1. The third-order valence-electron chi connectivity index (χ3n) is 3.29. The predicted molar refractivity (Wildman–Crippen MR) is 80.9 cm³/mol. The number of nitrogens with one attached hydrogen (secondary N) is 1. The highest BCUT2D eigenvalue weighted by molar-refractivity contribution is 9.10. The molecule has 1 aliphatic rings. The van der Waals surface area contributed by atoms with Crippen LogP contribution in [-0.2, 0) is 0 Å². The highest BCUT2D eigenvalue weighted by Crippen LogP contribution is 2.22. The zero-order valence-corrected chi connectivity index (χ0v) is 13.4. The van der Waals surface area contributed by atoms with E-state index < -0.39 is 0 Å². The zero-order chi connectivity index (χ0) is 13.0. The molecule has 19 heavy (non-hydrogen) atoms. The first-order valence-corrected chi connectivity index (χ1v) is 7.28. The Morgan fingerprint density at radius 3 is 2.74 bits per heavy atom. The van der Waals surface area contributed by atoms with E-state index in [0.29, 0.717) is 11.8 Å². The zero-order valence-electron chi connectivity index (χ0n) is 11.0. The number of halogens is 2. The van der Waals surface area contributed by atoms with Crippen molar-refractivity contribution in [2.24, 2.45) is 0 Å². The van der Waals surface area contributed by atoms with E-state index in [4.69, 9.17) is 4.42 Å². The molecule has 2 heterocycles. The molecule has 1 fully saturated rings. The molecule has 1 aliphatic heterocycles. The summed E-state index contributed by atoms with van der Waals surface area (Å²) in [6, 6.07) is 2.09. The maximum Gasteiger partial charge on any atom is 0.290 e. The first kappa shape index (κ1) is 16.5. The van der Waals surface area contributed by atoms with Gasteiger partial charge in [0.1, 0.15) is 0 Å². The Balaban J connectivity index is 0.00000180. The minimum absolute atomic E-state index is 0. The average molecular weight is 352 g/mol. The van der Waals surface area contributed by atoms with Crippen molar-refractivity contribution in [1.29, 1.82) is 0 Å². The second-order valence-electron chi connectivity index (χ2n) is 4.58. The van der Waals surface area contributed by atoms with Crippen molar-refractivity contribution < 1.29 is 9.21 Å². The number of amides is 1. The van der Waals surface area contributed by atoms with Crippen molar-refractivity contribution in [3.8, 4) is 0 Å². The largest absolute Gasteiger partial charge is 0.458 e. The summed E-state index contributed by atoms with van der Waals surface area (Å²) >= 11 is 3.36. The minimum Gasteiger partial charge on any atom is -0.458 e. The summed E-state index contributed by atoms with van der Waals surface area (Å²) in [5.41, 5.74) is 0. The Bertz CT molecular complexity index is 405. The quantitative estimate of drug-likeness (QED) is 0.907. The molecule has 0 unspecified atom stereocenters. The molecule has 0 spiro atoms. The van der Waals surface area contributed by atoms with Gasteiger partial charge < -0.3 is 14.6 Å². The first-order valence-electron chi connectivity index (χ1n) is 6.48. The van der Waals surface area contributed by atoms with Gasteiger partial charge in [-0.2, -0.15) is 0 Å². The molecule has 1 aromatic rings. The van der Waals surface area contributed by atoms with Crippen LogP contribution in [0.4, 0.5) is 0 Å². The highest BCUT2D eigenvalue weighted by Gasteiger charge is 2.28. The summed E-state index contributed by atoms with van der Waals surface area (Å²) in [6.07, 6.45) is 4.55. The molecule has 0 atom stereocenters. The van der Waals surface area contributed by atoms with Gasteiger partial charge in [0.15, 0.2) is 0 Å². The Kier molecular flexibility index (Phi) is 6.89. The van der Waals surface area contributed by atoms with E-state index in [0.717, 1.165) is 43.4 Å². The Morgan fingerprint density at radius 1 is 1.53 bits per heavy atom. The van der Waals surface area contributed by atoms with Crippen LogP contribution in [0.25, 0.3) is 0 Å². The fourth-order valence-electron chi connectivity index (χ4n) is 2.39. The van der Waals surface area contributed by atoms with E-state index in [1.54, 1.807) is 12.3 Å². The molecule has 0 aliphatic carbocycles. The van der Waals surface area contributed by atoms with Gasteiger partial charge in [-0.1, -0.05) is 6.92 Å². The number of hydrogen-bond acceptors (Lipinski definition) is 3. The number of carbonyl (C=O) groups is 1. The predicted octanol–water partition coefficient (Wildman–Crippen LogP) is 3.07. The number of hydrogen-bond donors (Lipinski definition) is 1. The maximum atomic E-state index is 12.5. The second-order valence-corrected chi connectivity index (χ2v) is 5.43. The third kappa shape index (κ3) is 3.97. The van der Waals surface area contributed by atoms with Crippen LogP contribution in [0.15, 0.2) is 21.2 Å². The van der Waals surface area contributed by atoms with E-state index in [9.17, 15) is 4.79 Å². The molecule has 1 N–H and O–H groups in total. The van der Waals surface area contributed by atoms with Gasteiger partial charge in [-0.05, 0) is 54.3 Å². The number of rotatable bonds is 4. The van der Waals surface area contributed by atoms with Gasteiger partial charge in [0.2, 0.25) is 5.76 Å². The Morgan fingerprint density at radius 2 is 2.21 bits per heavy atom. The fourth-order valence-corrected chi connectivity index (χ4v) is 2.76. The lowest BCUT2D eigenvalue weighted by Gasteiger charge is -2.34. The van der Waals surface area contributed by atoms with Crippen molar-refractivity contribution in [1.82, 2.24) is 10.2 Å². The summed E-state index contributed by atoms with van der Waals surface area (Å²) in [6.45, 7) is 4.85. The van der Waals surface area contributed by atoms with Crippen molar-refractivity contribution in [3.63, 3.8) is 0 Å². The molecule has 0 saturated carbocycles. The molecule has 0 aromatic carbocycles. The van der Waals surface area contributed by atoms with E-state index in [1.165, 1.54) is 0 Å². The van der Waals surface area contributed by atoms with Gasteiger partial charge in [0.05, 0.1) is 10.7 Å². The third-order valence-corrected chi connectivity index (χ3v) is 3.91. The maximum absolute atomic E-state index is 12.5. The van der Waals surface area contributed by atoms with Gasteiger partial charge in [0, 0.05) is 12.6 Å². The monoisotopic (exact) mass is 350 g/mol. The van der Waals surface area contributed by atoms with E-state index in [-0.39, 0.29) is 18.3 Å². The van der Waals surface area contributed by atoms with Crippen LogP contribution in [0.1, 0.15) is 36.7 Å². The van der Waals surface area contributed by atoms with Crippen molar-refractivity contribution >= 4 is 34.2 Å². The van der Waals surface area contributed by atoms with E-state index in [2.05, 4.69) is 28.2 Å². The Hall–Kier alpha value is -0.520. The van der Waals surface area contributed by atoms with Crippen LogP contribution < -0.4 is 5.32 Å². The molecule has 1 saturated heterocycles.